The van der Waals surface area contributed by atoms with Crippen LogP contribution in [0.2, 0.25) is 5.15 Å². The van der Waals surface area contributed by atoms with Gasteiger partial charge in [-0.3, -0.25) is 0 Å². The highest BCUT2D eigenvalue weighted by atomic mass is 35.5. The molecule has 0 saturated carbocycles. The van der Waals surface area contributed by atoms with Gasteiger partial charge in [-0.1, -0.05) is 11.6 Å². The number of nitrogens with one attached hydrogen (secondary N) is 1. The molecule has 0 aliphatic rings. The lowest BCUT2D eigenvalue weighted by Gasteiger charge is -2.11. The number of aromatic nitrogens is 4. The number of hydrogen-bond donors (Lipinski definition) is 2. The van der Waals surface area contributed by atoms with Gasteiger partial charge < -0.3 is 15.2 Å². The van der Waals surface area contributed by atoms with Crippen LogP contribution in [-0.2, 0) is 4.74 Å². The molecule has 0 aliphatic heterocycles. The molecule has 2 N–H and O–H groups in total. The van der Waals surface area contributed by atoms with Crippen LogP contribution in [0, 0.1) is 6.92 Å². The predicted molar refractivity (Wildman–Crippen MR) is 71.5 cm³/mol. The van der Waals surface area contributed by atoms with Gasteiger partial charge in [-0.15, -0.1) is 0 Å². The Labute approximate surface area is 115 Å². The van der Waals surface area contributed by atoms with E-state index >= 15 is 0 Å². The number of aliphatic hydroxyl groups is 1. The minimum atomic E-state index is 0.0477. The summed E-state index contributed by atoms with van der Waals surface area (Å²) in [5, 5.41) is 16.4. The Morgan fingerprint density at radius 1 is 1.47 bits per heavy atom. The lowest BCUT2D eigenvalue weighted by Crippen LogP contribution is -2.12. The van der Waals surface area contributed by atoms with Crippen LogP contribution in [0.25, 0.3) is 5.78 Å². The highest BCUT2D eigenvalue weighted by Crippen LogP contribution is 2.21. The summed E-state index contributed by atoms with van der Waals surface area (Å²) in [7, 11) is 0. The van der Waals surface area contributed by atoms with Crippen molar-refractivity contribution in [2.45, 2.75) is 13.3 Å². The zero-order valence-electron chi connectivity index (χ0n) is 10.6. The second-order valence-corrected chi connectivity index (χ2v) is 4.32. The summed E-state index contributed by atoms with van der Waals surface area (Å²) >= 11 is 6.05. The predicted octanol–water partition coefficient (Wildman–Crippen LogP) is 0.897. The van der Waals surface area contributed by atoms with Crippen LogP contribution in [0.1, 0.15) is 12.0 Å². The molecule has 2 heterocycles. The summed E-state index contributed by atoms with van der Waals surface area (Å²) < 4.78 is 6.80. The molecule has 0 spiro atoms. The summed E-state index contributed by atoms with van der Waals surface area (Å²) in [6.45, 7) is 3.59. The summed E-state index contributed by atoms with van der Waals surface area (Å²) in [5.41, 5.74) is 0.830. The fraction of sp³-hybridized carbons (Fsp3) is 0.545. The fourth-order valence-corrected chi connectivity index (χ4v) is 1.82. The van der Waals surface area contributed by atoms with Gasteiger partial charge in [0.05, 0.1) is 13.2 Å². The summed E-state index contributed by atoms with van der Waals surface area (Å²) in [6.07, 6.45) is 2.25. The minimum Gasteiger partial charge on any atom is -0.394 e. The molecule has 0 bridgehead atoms. The van der Waals surface area contributed by atoms with Gasteiger partial charge >= 0.3 is 0 Å². The van der Waals surface area contributed by atoms with Crippen LogP contribution in [0.4, 0.5) is 5.82 Å². The van der Waals surface area contributed by atoms with Crippen molar-refractivity contribution in [3.05, 3.63) is 17.0 Å². The molecule has 2 aromatic rings. The largest absolute Gasteiger partial charge is 0.394 e. The highest BCUT2D eigenvalue weighted by molar-refractivity contribution is 6.30. The number of rotatable bonds is 7. The molecule has 0 saturated heterocycles. The van der Waals surface area contributed by atoms with Gasteiger partial charge in [0.2, 0.25) is 0 Å². The molecule has 0 radical (unpaired) electrons. The van der Waals surface area contributed by atoms with E-state index in [1.165, 1.54) is 6.33 Å². The quantitative estimate of drug-likeness (QED) is 0.581. The third kappa shape index (κ3) is 3.31. The molecule has 0 aliphatic carbocycles. The number of fused-ring (bicyclic) bond motifs is 1. The van der Waals surface area contributed by atoms with Crippen molar-refractivity contribution < 1.29 is 9.84 Å². The molecule has 19 heavy (non-hydrogen) atoms. The zero-order chi connectivity index (χ0) is 13.7. The fourth-order valence-electron chi connectivity index (χ4n) is 1.65. The van der Waals surface area contributed by atoms with E-state index in [2.05, 4.69) is 20.4 Å². The third-order valence-corrected chi connectivity index (χ3v) is 2.97. The number of hydrogen-bond acceptors (Lipinski definition) is 6. The standard InChI is InChI=1S/C11H16ClN5O2/c1-8-9(12)16-11-14-7-15-17(11)10(8)13-3-2-5-19-6-4-18/h7,13,18H,2-6H2,1H3. The Morgan fingerprint density at radius 3 is 3.11 bits per heavy atom. The molecule has 7 nitrogen and oxygen atoms in total. The van der Waals surface area contributed by atoms with E-state index in [-0.39, 0.29) is 6.61 Å². The van der Waals surface area contributed by atoms with Gasteiger partial charge in [-0.05, 0) is 13.3 Å². The van der Waals surface area contributed by atoms with Gasteiger partial charge in [-0.25, -0.2) is 0 Å². The number of halogens is 1. The number of ether oxygens (including phenoxy) is 1. The first-order valence-corrected chi connectivity index (χ1v) is 6.40. The van der Waals surface area contributed by atoms with E-state index in [0.717, 1.165) is 17.8 Å². The average Bonchev–Trinajstić information content (AvgIpc) is 2.85. The summed E-state index contributed by atoms with van der Waals surface area (Å²) in [6, 6.07) is 0. The molecular weight excluding hydrogens is 270 g/mol. The van der Waals surface area contributed by atoms with Crippen LogP contribution in [0.15, 0.2) is 6.33 Å². The van der Waals surface area contributed by atoms with Crippen molar-refractivity contribution in [2.75, 3.05) is 31.7 Å². The Balaban J connectivity index is 1.99. The van der Waals surface area contributed by atoms with E-state index < -0.39 is 0 Å². The zero-order valence-corrected chi connectivity index (χ0v) is 11.4. The van der Waals surface area contributed by atoms with Crippen molar-refractivity contribution in [1.82, 2.24) is 19.6 Å². The number of anilines is 1. The van der Waals surface area contributed by atoms with E-state index in [1.54, 1.807) is 4.52 Å². The Bertz CT molecular complexity index is 545. The second kappa shape index (κ2) is 6.65. The van der Waals surface area contributed by atoms with Gasteiger partial charge in [-0.2, -0.15) is 19.6 Å². The van der Waals surface area contributed by atoms with E-state index in [9.17, 15) is 0 Å². The van der Waals surface area contributed by atoms with Crippen molar-refractivity contribution >= 4 is 23.2 Å². The molecule has 0 atom stereocenters. The van der Waals surface area contributed by atoms with Crippen molar-refractivity contribution in [3.63, 3.8) is 0 Å². The highest BCUT2D eigenvalue weighted by Gasteiger charge is 2.11. The summed E-state index contributed by atoms with van der Waals surface area (Å²) in [4.78, 5) is 8.14. The van der Waals surface area contributed by atoms with Crippen LogP contribution in [0.3, 0.4) is 0 Å². The second-order valence-electron chi connectivity index (χ2n) is 3.96. The Morgan fingerprint density at radius 2 is 2.32 bits per heavy atom. The monoisotopic (exact) mass is 285 g/mol. The molecule has 0 fully saturated rings. The molecule has 2 aromatic heterocycles. The SMILES string of the molecule is Cc1c(Cl)nc2ncnn2c1NCCCOCCO. The Kier molecular flexibility index (Phi) is 4.89. The first-order valence-electron chi connectivity index (χ1n) is 6.02. The molecule has 0 aromatic carbocycles. The van der Waals surface area contributed by atoms with Gasteiger partial charge in [0.25, 0.3) is 5.78 Å². The topological polar surface area (TPSA) is 84.6 Å². The van der Waals surface area contributed by atoms with Crippen molar-refractivity contribution in [1.29, 1.82) is 0 Å². The molecule has 8 heteroatoms. The van der Waals surface area contributed by atoms with Gasteiger partial charge in [0.15, 0.2) is 0 Å². The van der Waals surface area contributed by atoms with Crippen molar-refractivity contribution in [3.8, 4) is 0 Å². The molecule has 104 valence electrons. The van der Waals surface area contributed by atoms with Gasteiger partial charge in [0.1, 0.15) is 17.3 Å². The number of aliphatic hydroxyl groups excluding tert-OH is 1. The smallest absolute Gasteiger partial charge is 0.255 e. The third-order valence-electron chi connectivity index (χ3n) is 2.60. The molecule has 0 amide bonds. The van der Waals surface area contributed by atoms with E-state index in [4.69, 9.17) is 21.4 Å². The first-order chi connectivity index (χ1) is 9.24. The van der Waals surface area contributed by atoms with E-state index in [0.29, 0.717) is 30.7 Å². The minimum absolute atomic E-state index is 0.0477. The van der Waals surface area contributed by atoms with E-state index in [1.807, 2.05) is 6.92 Å². The average molecular weight is 286 g/mol. The van der Waals surface area contributed by atoms with Crippen LogP contribution < -0.4 is 5.32 Å². The Hall–Kier alpha value is -1.44. The lowest BCUT2D eigenvalue weighted by atomic mass is 10.3. The molecule has 2 rings (SSSR count). The maximum atomic E-state index is 8.58. The first kappa shape index (κ1) is 14.0. The maximum Gasteiger partial charge on any atom is 0.255 e. The van der Waals surface area contributed by atoms with Crippen LogP contribution >= 0.6 is 11.6 Å². The molecular formula is C11H16ClN5O2. The van der Waals surface area contributed by atoms with Crippen LogP contribution in [0.5, 0.6) is 0 Å². The lowest BCUT2D eigenvalue weighted by molar-refractivity contribution is 0.0922. The summed E-state index contributed by atoms with van der Waals surface area (Å²) in [5.74, 6) is 1.25. The van der Waals surface area contributed by atoms with Crippen LogP contribution in [-0.4, -0.2) is 51.1 Å². The van der Waals surface area contributed by atoms with Gasteiger partial charge in [0, 0.05) is 18.7 Å². The number of nitrogens with zero attached hydrogens (tertiary/aromatic N) is 4. The van der Waals surface area contributed by atoms with Crippen molar-refractivity contribution in [2.24, 2.45) is 0 Å². The maximum absolute atomic E-state index is 8.58. The molecule has 0 unspecified atom stereocenters. The normalized spacial score (nSPS) is 11.1.